The molecule has 5 saturated heterocycles. The van der Waals surface area contributed by atoms with E-state index in [1.54, 1.807) is 6.92 Å². The van der Waals surface area contributed by atoms with Crippen molar-refractivity contribution >= 4 is 12.1 Å². The minimum atomic E-state index is -1.96. The first-order valence-corrected chi connectivity index (χ1v) is 31.8. The molecule has 0 aromatic carbocycles. The lowest BCUT2D eigenvalue weighted by atomic mass is 9.38. The molecule has 90 heavy (non-hydrogen) atoms. The van der Waals surface area contributed by atoms with Crippen molar-refractivity contribution in [1.29, 1.82) is 0 Å². The maximum Gasteiger partial charge on any atom is 0.187 e. The van der Waals surface area contributed by atoms with Crippen molar-refractivity contribution in [2.24, 2.45) is 51.2 Å². The van der Waals surface area contributed by atoms with Gasteiger partial charge in [-0.15, -0.1) is 0 Å². The summed E-state index contributed by atoms with van der Waals surface area (Å²) in [6, 6.07) is 0. The Balaban J connectivity index is 0.895. The second-order valence-electron chi connectivity index (χ2n) is 28.7. The van der Waals surface area contributed by atoms with Crippen molar-refractivity contribution in [3.63, 3.8) is 0 Å². The summed E-state index contributed by atoms with van der Waals surface area (Å²) in [7, 11) is 0. The number of carbonyl (C=O) groups is 2. The highest BCUT2D eigenvalue weighted by Crippen LogP contribution is 2.74. The second-order valence-corrected chi connectivity index (χ2v) is 28.7. The van der Waals surface area contributed by atoms with Crippen molar-refractivity contribution in [3.8, 4) is 0 Å². The summed E-state index contributed by atoms with van der Waals surface area (Å²) in [5, 5.41) is 183. The first kappa shape index (κ1) is 72.3. The Morgan fingerprint density at radius 2 is 1.07 bits per heavy atom. The highest BCUT2D eigenvalue weighted by molar-refractivity contribution is 6.01. The number of hydrogen-bond acceptors (Lipinski definition) is 29. The van der Waals surface area contributed by atoms with Crippen LogP contribution in [0, 0.1) is 51.2 Å². The average Bonchev–Trinajstić information content (AvgIpc) is 1.28. The molecule has 29 heteroatoms. The van der Waals surface area contributed by atoms with Crippen LogP contribution in [-0.4, -0.2) is 297 Å². The van der Waals surface area contributed by atoms with Crippen LogP contribution in [0.2, 0.25) is 0 Å². The SMILES string of the molecule is CC(CCC(OC1OC(COC2OC(CO)C(C)C(O)C2O)C(O)C(O)C1OC1OC(CO)C(O)C(O)C1O)C(C)(C)O)C1CCC2(C)C3CC=C4C(CCC(OC5OC(COC6OC(CO)C(O)C(O)C6O)C(O)C(O)C5O)C4(C)C)C3(C=O)C(=O)CC12C. The third-order valence-corrected chi connectivity index (χ3v) is 22.8. The number of aliphatic hydroxyl groups excluding tert-OH is 16. The lowest BCUT2D eigenvalue weighted by Crippen LogP contribution is -2.65. The molecule has 34 unspecified atom stereocenters. The summed E-state index contributed by atoms with van der Waals surface area (Å²) in [5.41, 5.74) is -4.32. The Morgan fingerprint density at radius 1 is 0.589 bits per heavy atom. The molecule has 4 aliphatic carbocycles. The van der Waals surface area contributed by atoms with Gasteiger partial charge >= 0.3 is 0 Å². The molecule has 9 aliphatic rings. The zero-order valence-corrected chi connectivity index (χ0v) is 52.2. The van der Waals surface area contributed by atoms with Crippen molar-refractivity contribution in [3.05, 3.63) is 11.6 Å². The Labute approximate surface area is 522 Å². The molecule has 17 N–H and O–H groups in total. The summed E-state index contributed by atoms with van der Waals surface area (Å²) in [5.74, 6) is -2.05. The summed E-state index contributed by atoms with van der Waals surface area (Å²) >= 11 is 0. The molecule has 5 heterocycles. The molecule has 0 aromatic rings. The van der Waals surface area contributed by atoms with Gasteiger partial charge in [0.05, 0.1) is 68.5 Å². The Morgan fingerprint density at radius 3 is 1.61 bits per heavy atom. The molecule has 34 atom stereocenters. The van der Waals surface area contributed by atoms with E-state index in [-0.39, 0.29) is 36.9 Å². The number of carbonyl (C=O) groups excluding carboxylic acids is 2. The smallest absolute Gasteiger partial charge is 0.187 e. The summed E-state index contributed by atoms with van der Waals surface area (Å²) in [4.78, 5) is 29.5. The van der Waals surface area contributed by atoms with Gasteiger partial charge in [0.25, 0.3) is 0 Å². The van der Waals surface area contributed by atoms with Crippen LogP contribution in [0.25, 0.3) is 0 Å². The van der Waals surface area contributed by atoms with E-state index in [0.717, 1.165) is 11.9 Å². The third kappa shape index (κ3) is 12.8. The number of Topliss-reactive ketones (excluding diaryl/α,β-unsaturated/α-hetero) is 1. The van der Waals surface area contributed by atoms with Gasteiger partial charge < -0.3 is 139 Å². The fraction of sp³-hybridized carbons (Fsp3) is 0.934. The molecule has 0 amide bonds. The quantitative estimate of drug-likeness (QED) is 0.0291. The summed E-state index contributed by atoms with van der Waals surface area (Å²) in [6.07, 6.45) is -35.3. The zero-order valence-electron chi connectivity index (χ0n) is 52.2. The minimum Gasteiger partial charge on any atom is -0.394 e. The van der Waals surface area contributed by atoms with E-state index >= 15 is 4.79 Å². The fourth-order valence-electron chi connectivity index (χ4n) is 16.8. The third-order valence-electron chi connectivity index (χ3n) is 22.8. The number of ether oxygens (including phenoxy) is 10. The van der Waals surface area contributed by atoms with Crippen LogP contribution in [0.4, 0.5) is 0 Å². The van der Waals surface area contributed by atoms with Crippen molar-refractivity contribution in [2.45, 2.75) is 272 Å². The van der Waals surface area contributed by atoms with Crippen LogP contribution in [0.5, 0.6) is 0 Å². The van der Waals surface area contributed by atoms with Crippen LogP contribution >= 0.6 is 0 Å². The number of ketones is 1. The number of hydrogen-bond donors (Lipinski definition) is 17. The minimum absolute atomic E-state index is 0.0797. The summed E-state index contributed by atoms with van der Waals surface area (Å²) < 4.78 is 59.5. The number of rotatable bonds is 21. The second kappa shape index (κ2) is 27.9. The van der Waals surface area contributed by atoms with E-state index in [1.165, 1.54) is 13.8 Å². The number of aldehydes is 1. The van der Waals surface area contributed by atoms with Gasteiger partial charge in [-0.3, -0.25) is 4.79 Å². The summed E-state index contributed by atoms with van der Waals surface area (Å²) in [6.45, 7) is 11.5. The topological polar surface area (TPSA) is 470 Å². The molecule has 8 fully saturated rings. The van der Waals surface area contributed by atoms with Crippen molar-refractivity contribution in [1.82, 2.24) is 0 Å². The Bertz CT molecular complexity index is 2440. The van der Waals surface area contributed by atoms with Gasteiger partial charge in [0.15, 0.2) is 31.5 Å². The van der Waals surface area contributed by atoms with E-state index in [4.69, 9.17) is 47.4 Å². The zero-order chi connectivity index (χ0) is 66.2. The van der Waals surface area contributed by atoms with Gasteiger partial charge in [0.1, 0.15) is 116 Å². The Hall–Kier alpha value is -2.00. The predicted octanol–water partition coefficient (Wildman–Crippen LogP) is -4.75. The van der Waals surface area contributed by atoms with Gasteiger partial charge in [0, 0.05) is 23.7 Å². The van der Waals surface area contributed by atoms with Crippen LogP contribution < -0.4 is 0 Å². The van der Waals surface area contributed by atoms with Crippen molar-refractivity contribution in [2.75, 3.05) is 33.0 Å². The fourth-order valence-corrected chi connectivity index (χ4v) is 16.8. The molecular formula is C61H100O29. The molecule has 5 aliphatic heterocycles. The van der Waals surface area contributed by atoms with Crippen LogP contribution in [0.15, 0.2) is 11.6 Å². The number of allylic oxidation sites excluding steroid dienone is 1. The normalized spacial score (nSPS) is 50.5. The van der Waals surface area contributed by atoms with Crippen LogP contribution in [0.3, 0.4) is 0 Å². The predicted molar refractivity (Wildman–Crippen MR) is 303 cm³/mol. The maximum atomic E-state index is 15.4. The largest absolute Gasteiger partial charge is 0.394 e. The van der Waals surface area contributed by atoms with Crippen LogP contribution in [-0.2, 0) is 57.0 Å². The van der Waals surface area contributed by atoms with Crippen molar-refractivity contribution < 1.29 is 144 Å². The van der Waals surface area contributed by atoms with Crippen LogP contribution in [0.1, 0.15) is 107 Å². The molecule has 0 spiro atoms. The molecule has 0 radical (unpaired) electrons. The lowest BCUT2D eigenvalue weighted by Gasteiger charge is -2.64. The van der Waals surface area contributed by atoms with E-state index in [1.807, 2.05) is 13.8 Å². The highest BCUT2D eigenvalue weighted by atomic mass is 16.8. The molecule has 0 aromatic heterocycles. The van der Waals surface area contributed by atoms with Gasteiger partial charge in [-0.1, -0.05) is 53.2 Å². The highest BCUT2D eigenvalue weighted by Gasteiger charge is 2.72. The van der Waals surface area contributed by atoms with Gasteiger partial charge in [-0.25, -0.2) is 0 Å². The first-order valence-electron chi connectivity index (χ1n) is 31.8. The monoisotopic (exact) mass is 1300 g/mol. The first-order chi connectivity index (χ1) is 42.2. The Kier molecular flexibility index (Phi) is 22.4. The van der Waals surface area contributed by atoms with E-state index in [0.29, 0.717) is 32.1 Å². The molecule has 0 bridgehead atoms. The lowest BCUT2D eigenvalue weighted by molar-refractivity contribution is -0.380. The molecule has 29 nitrogen and oxygen atoms in total. The van der Waals surface area contributed by atoms with Gasteiger partial charge in [-0.05, 0) is 87.4 Å². The molecular weight excluding hydrogens is 1200 g/mol. The molecule has 3 saturated carbocycles. The van der Waals surface area contributed by atoms with Gasteiger partial charge in [-0.2, -0.15) is 0 Å². The standard InChI is InChI=1S/C61H100O29/c1-24(9-13-37(58(5,6)80)89-56-51(90-55-50(79)44(73)40(69)31(20-64)85-55)46(75)42(71)33(87-56)22-81-52-47(76)38(67)25(2)29(18-62)83-52)26-15-16-59(7)34-12-10-27-28(61(34,23-65)35(66)17-60(26,59)8)11-14-36(57(27,3)4)88-54-49(78)45(74)41(70)32(86-54)21-82-53-48(77)43(72)39(68)30(19-63)84-53/h10,23-26,28-34,36-56,62-64,67-80H,9,11-22H2,1-8H3. The number of fused-ring (bicyclic) bond motifs is 5. The molecule has 518 valence electrons. The van der Waals surface area contributed by atoms with E-state index in [2.05, 4.69) is 26.8 Å². The average molecular weight is 1300 g/mol. The van der Waals surface area contributed by atoms with E-state index < -0.39 is 238 Å². The van der Waals surface area contributed by atoms with E-state index in [9.17, 15) is 91.6 Å². The maximum absolute atomic E-state index is 15.4. The van der Waals surface area contributed by atoms with Gasteiger partial charge in [0.2, 0.25) is 0 Å². The molecule has 9 rings (SSSR count). The number of aliphatic hydroxyl groups is 17.